The first kappa shape index (κ1) is 11.4. The highest BCUT2D eigenvalue weighted by molar-refractivity contribution is 5.71. The average Bonchev–Trinajstić information content (AvgIpc) is 3.01. The van der Waals surface area contributed by atoms with Gasteiger partial charge in [-0.3, -0.25) is 0 Å². The van der Waals surface area contributed by atoms with Gasteiger partial charge in [-0.2, -0.15) is 5.11 Å². The lowest BCUT2D eigenvalue weighted by Crippen LogP contribution is -1.74. The highest BCUT2D eigenvalue weighted by atomic mass is 16.3. The van der Waals surface area contributed by atoms with Crippen molar-refractivity contribution in [3.63, 3.8) is 0 Å². The number of furan rings is 1. The van der Waals surface area contributed by atoms with Gasteiger partial charge < -0.3 is 4.42 Å². The molecule has 1 heterocycles. The maximum Gasteiger partial charge on any atom is 0.136 e. The number of azo groups is 1. The van der Waals surface area contributed by atoms with Gasteiger partial charge in [-0.15, -0.1) is 5.11 Å². The van der Waals surface area contributed by atoms with Gasteiger partial charge >= 0.3 is 0 Å². The van der Waals surface area contributed by atoms with Crippen molar-refractivity contribution in [2.45, 2.75) is 0 Å². The second-order valence-corrected chi connectivity index (χ2v) is 4.03. The normalized spacial score (nSPS) is 10.9. The fourth-order valence-electron chi connectivity index (χ4n) is 1.81. The van der Waals surface area contributed by atoms with E-state index in [4.69, 9.17) is 4.42 Å². The molecule has 0 radical (unpaired) electrons. The van der Waals surface area contributed by atoms with E-state index in [1.54, 1.807) is 6.26 Å². The third-order valence-electron chi connectivity index (χ3n) is 2.72. The SMILES string of the molecule is c1ccc(N=Nc2ccccc2-c2ccco2)cc1. The van der Waals surface area contributed by atoms with E-state index in [0.717, 1.165) is 22.7 Å². The van der Waals surface area contributed by atoms with Gasteiger partial charge in [0.2, 0.25) is 0 Å². The third-order valence-corrected chi connectivity index (χ3v) is 2.72. The minimum atomic E-state index is 0.793. The molecule has 1 aromatic heterocycles. The molecule has 0 aliphatic carbocycles. The Kier molecular flexibility index (Phi) is 3.19. The Labute approximate surface area is 111 Å². The highest BCUT2D eigenvalue weighted by Gasteiger charge is 2.05. The molecule has 0 bridgehead atoms. The lowest BCUT2D eigenvalue weighted by molar-refractivity contribution is 0.582. The van der Waals surface area contributed by atoms with Crippen molar-refractivity contribution in [1.82, 2.24) is 0 Å². The molecule has 0 aliphatic rings. The summed E-state index contributed by atoms with van der Waals surface area (Å²) in [4.78, 5) is 0. The fraction of sp³-hybridized carbons (Fsp3) is 0. The van der Waals surface area contributed by atoms with Gasteiger partial charge in [-0.25, -0.2) is 0 Å². The number of rotatable bonds is 3. The molecule has 0 aliphatic heterocycles. The summed E-state index contributed by atoms with van der Waals surface area (Å²) in [5.74, 6) is 0.794. The minimum absolute atomic E-state index is 0.793. The molecule has 3 heteroatoms. The Balaban J connectivity index is 1.96. The second kappa shape index (κ2) is 5.31. The summed E-state index contributed by atoms with van der Waals surface area (Å²) >= 11 is 0. The first-order valence-corrected chi connectivity index (χ1v) is 6.03. The topological polar surface area (TPSA) is 37.9 Å². The van der Waals surface area contributed by atoms with Crippen molar-refractivity contribution in [2.24, 2.45) is 10.2 Å². The zero-order valence-corrected chi connectivity index (χ0v) is 10.2. The minimum Gasteiger partial charge on any atom is -0.464 e. The van der Waals surface area contributed by atoms with Gasteiger partial charge in [0.15, 0.2) is 0 Å². The van der Waals surface area contributed by atoms with Crippen LogP contribution in [-0.4, -0.2) is 0 Å². The Morgan fingerprint density at radius 2 is 1.47 bits per heavy atom. The van der Waals surface area contributed by atoms with Gasteiger partial charge in [-0.1, -0.05) is 30.3 Å². The van der Waals surface area contributed by atoms with Crippen molar-refractivity contribution >= 4 is 11.4 Å². The van der Waals surface area contributed by atoms with E-state index in [-0.39, 0.29) is 0 Å². The Morgan fingerprint density at radius 1 is 0.684 bits per heavy atom. The molecular formula is C16H12N2O. The van der Waals surface area contributed by atoms with Crippen LogP contribution in [0.15, 0.2) is 87.6 Å². The van der Waals surface area contributed by atoms with E-state index in [1.165, 1.54) is 0 Å². The van der Waals surface area contributed by atoms with E-state index in [9.17, 15) is 0 Å². The predicted molar refractivity (Wildman–Crippen MR) is 74.8 cm³/mol. The molecule has 0 fully saturated rings. The van der Waals surface area contributed by atoms with E-state index in [2.05, 4.69) is 10.2 Å². The molecule has 3 nitrogen and oxygen atoms in total. The first-order valence-electron chi connectivity index (χ1n) is 6.03. The van der Waals surface area contributed by atoms with Crippen molar-refractivity contribution < 1.29 is 4.42 Å². The number of benzene rings is 2. The Bertz CT molecular complexity index is 673. The summed E-state index contributed by atoms with van der Waals surface area (Å²) in [5.41, 5.74) is 2.56. The van der Waals surface area contributed by atoms with Crippen LogP contribution in [0.25, 0.3) is 11.3 Å². The molecule has 2 aromatic carbocycles. The summed E-state index contributed by atoms with van der Waals surface area (Å²) < 4.78 is 5.41. The maximum atomic E-state index is 5.41. The standard InChI is InChI=1S/C16H12N2O/c1-2-7-13(8-3-1)17-18-15-10-5-4-9-14(15)16-11-6-12-19-16/h1-12H. The summed E-state index contributed by atoms with van der Waals surface area (Å²) in [7, 11) is 0. The number of hydrogen-bond acceptors (Lipinski definition) is 3. The van der Waals surface area contributed by atoms with Gasteiger partial charge in [0.25, 0.3) is 0 Å². The van der Waals surface area contributed by atoms with E-state index in [1.807, 2.05) is 66.7 Å². The van der Waals surface area contributed by atoms with Crippen LogP contribution >= 0.6 is 0 Å². The van der Waals surface area contributed by atoms with Crippen LogP contribution in [0.5, 0.6) is 0 Å². The summed E-state index contributed by atoms with van der Waals surface area (Å²) in [6, 6.07) is 21.2. The van der Waals surface area contributed by atoms with Crippen LogP contribution in [0, 0.1) is 0 Å². The quantitative estimate of drug-likeness (QED) is 0.575. The zero-order valence-electron chi connectivity index (χ0n) is 10.2. The molecule has 0 saturated heterocycles. The molecule has 0 spiro atoms. The Hall–Kier alpha value is -2.68. The van der Waals surface area contributed by atoms with Crippen LogP contribution in [0.4, 0.5) is 11.4 Å². The van der Waals surface area contributed by atoms with Gasteiger partial charge in [0, 0.05) is 5.56 Å². The lowest BCUT2D eigenvalue weighted by Gasteiger charge is -2.00. The molecule has 92 valence electrons. The largest absolute Gasteiger partial charge is 0.464 e. The molecular weight excluding hydrogens is 236 g/mol. The van der Waals surface area contributed by atoms with E-state index >= 15 is 0 Å². The number of nitrogens with zero attached hydrogens (tertiary/aromatic N) is 2. The maximum absolute atomic E-state index is 5.41. The molecule has 0 unspecified atom stereocenters. The van der Waals surface area contributed by atoms with Crippen LogP contribution in [0.3, 0.4) is 0 Å². The fourth-order valence-corrected chi connectivity index (χ4v) is 1.81. The average molecular weight is 248 g/mol. The lowest BCUT2D eigenvalue weighted by atomic mass is 10.1. The van der Waals surface area contributed by atoms with Gasteiger partial charge in [0.1, 0.15) is 5.76 Å². The molecule has 3 rings (SSSR count). The van der Waals surface area contributed by atoms with Crippen LogP contribution < -0.4 is 0 Å². The molecule has 0 saturated carbocycles. The number of hydrogen-bond donors (Lipinski definition) is 0. The van der Waals surface area contributed by atoms with Crippen molar-refractivity contribution in [3.8, 4) is 11.3 Å². The predicted octanol–water partition coefficient (Wildman–Crippen LogP) is 5.36. The molecule has 0 N–H and O–H groups in total. The summed E-state index contributed by atoms with van der Waals surface area (Å²) in [6.07, 6.45) is 1.65. The third kappa shape index (κ3) is 2.60. The van der Waals surface area contributed by atoms with E-state index < -0.39 is 0 Å². The first-order chi connectivity index (χ1) is 9.43. The van der Waals surface area contributed by atoms with Crippen LogP contribution in [-0.2, 0) is 0 Å². The summed E-state index contributed by atoms with van der Waals surface area (Å²) in [6.45, 7) is 0. The zero-order chi connectivity index (χ0) is 12.9. The van der Waals surface area contributed by atoms with Crippen molar-refractivity contribution in [3.05, 3.63) is 73.0 Å². The Morgan fingerprint density at radius 3 is 2.26 bits per heavy atom. The monoisotopic (exact) mass is 248 g/mol. The van der Waals surface area contributed by atoms with Gasteiger partial charge in [0.05, 0.1) is 17.6 Å². The summed E-state index contributed by atoms with van der Waals surface area (Å²) in [5, 5.41) is 8.53. The van der Waals surface area contributed by atoms with Crippen molar-refractivity contribution in [1.29, 1.82) is 0 Å². The van der Waals surface area contributed by atoms with Gasteiger partial charge in [-0.05, 0) is 36.4 Å². The van der Waals surface area contributed by atoms with E-state index in [0.29, 0.717) is 0 Å². The highest BCUT2D eigenvalue weighted by Crippen LogP contribution is 2.31. The second-order valence-electron chi connectivity index (χ2n) is 4.03. The van der Waals surface area contributed by atoms with Crippen LogP contribution in [0.1, 0.15) is 0 Å². The molecule has 0 atom stereocenters. The molecule has 0 amide bonds. The van der Waals surface area contributed by atoms with Crippen LogP contribution in [0.2, 0.25) is 0 Å². The molecule has 19 heavy (non-hydrogen) atoms. The molecule has 3 aromatic rings. The smallest absolute Gasteiger partial charge is 0.136 e. The van der Waals surface area contributed by atoms with Crippen molar-refractivity contribution in [2.75, 3.05) is 0 Å².